The zero-order valence-electron chi connectivity index (χ0n) is 15.8. The first-order valence-corrected chi connectivity index (χ1v) is 8.72. The van der Waals surface area contributed by atoms with Crippen LogP contribution in [0, 0.1) is 16.0 Å². The van der Waals surface area contributed by atoms with Crippen molar-refractivity contribution in [3.63, 3.8) is 0 Å². The van der Waals surface area contributed by atoms with Crippen LogP contribution in [-0.2, 0) is 11.8 Å². The molecule has 144 valence electrons. The fourth-order valence-electron chi connectivity index (χ4n) is 3.24. The van der Waals surface area contributed by atoms with Gasteiger partial charge in [-0.15, -0.1) is 10.2 Å². The Morgan fingerprint density at radius 3 is 2.63 bits per heavy atom. The second-order valence-electron chi connectivity index (χ2n) is 7.78. The van der Waals surface area contributed by atoms with E-state index in [0.717, 1.165) is 5.56 Å². The summed E-state index contributed by atoms with van der Waals surface area (Å²) in [5, 5.41) is 19.3. The largest absolute Gasteiger partial charge is 0.444 e. The van der Waals surface area contributed by atoms with E-state index < -0.39 is 10.5 Å². The van der Waals surface area contributed by atoms with Crippen LogP contribution in [0.15, 0.2) is 30.6 Å². The van der Waals surface area contributed by atoms with Gasteiger partial charge < -0.3 is 14.2 Å². The maximum Gasteiger partial charge on any atom is 0.410 e. The molecule has 1 aromatic heterocycles. The number of nitrogens with zero attached hydrogens (tertiary/aromatic N) is 5. The molecule has 1 amide bonds. The van der Waals surface area contributed by atoms with Crippen molar-refractivity contribution >= 4 is 11.8 Å². The number of ether oxygens (including phenoxy) is 1. The van der Waals surface area contributed by atoms with E-state index in [4.69, 9.17) is 4.74 Å². The molecule has 1 fully saturated rings. The molecule has 9 heteroatoms. The van der Waals surface area contributed by atoms with Gasteiger partial charge in [-0.05, 0) is 26.3 Å². The molecule has 3 rings (SSSR count). The SMILES string of the molecule is Cn1cnnc1C(c1cccc([N+](=O)[O-])c1)C1CN(C(=O)OC(C)(C)C)C1. The van der Waals surface area contributed by atoms with E-state index in [9.17, 15) is 14.9 Å². The zero-order valence-corrected chi connectivity index (χ0v) is 15.8. The number of benzene rings is 1. The number of nitro benzene ring substituents is 1. The molecule has 1 aromatic carbocycles. The number of rotatable bonds is 4. The first kappa shape index (κ1) is 18.8. The molecule has 0 bridgehead atoms. The highest BCUT2D eigenvalue weighted by atomic mass is 16.6. The molecule has 1 unspecified atom stereocenters. The smallest absolute Gasteiger partial charge is 0.410 e. The Morgan fingerprint density at radius 1 is 1.37 bits per heavy atom. The van der Waals surface area contributed by atoms with Crippen LogP contribution in [0.25, 0.3) is 0 Å². The number of likely N-dealkylation sites (tertiary alicyclic amines) is 1. The first-order chi connectivity index (χ1) is 12.7. The summed E-state index contributed by atoms with van der Waals surface area (Å²) in [5.41, 5.74) is 0.266. The Labute approximate surface area is 157 Å². The van der Waals surface area contributed by atoms with Gasteiger partial charge in [-0.3, -0.25) is 10.1 Å². The van der Waals surface area contributed by atoms with Gasteiger partial charge in [-0.2, -0.15) is 0 Å². The van der Waals surface area contributed by atoms with Gasteiger partial charge in [0.05, 0.1) is 10.8 Å². The predicted molar refractivity (Wildman–Crippen MR) is 97.2 cm³/mol. The van der Waals surface area contributed by atoms with Crippen LogP contribution in [0.5, 0.6) is 0 Å². The highest BCUT2D eigenvalue weighted by Crippen LogP contribution is 2.37. The summed E-state index contributed by atoms with van der Waals surface area (Å²) in [5.74, 6) is 0.586. The van der Waals surface area contributed by atoms with E-state index in [2.05, 4.69) is 10.2 Å². The Kier molecular flexibility index (Phi) is 4.86. The van der Waals surface area contributed by atoms with Crippen molar-refractivity contribution in [2.45, 2.75) is 32.3 Å². The third-order valence-corrected chi connectivity index (χ3v) is 4.50. The molecule has 27 heavy (non-hydrogen) atoms. The molecule has 2 heterocycles. The molecule has 2 aromatic rings. The molecule has 0 saturated carbocycles. The third-order valence-electron chi connectivity index (χ3n) is 4.50. The van der Waals surface area contributed by atoms with Crippen molar-refractivity contribution in [2.75, 3.05) is 13.1 Å². The Balaban J connectivity index is 1.84. The fourth-order valence-corrected chi connectivity index (χ4v) is 3.24. The summed E-state index contributed by atoms with van der Waals surface area (Å²) in [6.07, 6.45) is 1.25. The maximum atomic E-state index is 12.2. The number of aryl methyl sites for hydroxylation is 1. The second kappa shape index (κ2) is 6.98. The second-order valence-corrected chi connectivity index (χ2v) is 7.78. The Bertz CT molecular complexity index is 851. The quantitative estimate of drug-likeness (QED) is 0.603. The van der Waals surface area contributed by atoms with Crippen LogP contribution < -0.4 is 0 Å². The molecule has 1 aliphatic heterocycles. The zero-order chi connectivity index (χ0) is 19.8. The Morgan fingerprint density at radius 2 is 2.07 bits per heavy atom. The topological polar surface area (TPSA) is 103 Å². The van der Waals surface area contributed by atoms with Crippen molar-refractivity contribution in [2.24, 2.45) is 13.0 Å². The van der Waals surface area contributed by atoms with Crippen LogP contribution in [0.4, 0.5) is 10.5 Å². The Hall–Kier alpha value is -2.97. The highest BCUT2D eigenvalue weighted by molar-refractivity contribution is 5.69. The van der Waals surface area contributed by atoms with E-state index in [1.807, 2.05) is 33.9 Å². The van der Waals surface area contributed by atoms with Crippen LogP contribution in [0.2, 0.25) is 0 Å². The number of carbonyl (C=O) groups excluding carboxylic acids is 1. The molecular formula is C18H23N5O4. The maximum absolute atomic E-state index is 12.2. The number of non-ortho nitro benzene ring substituents is 1. The highest BCUT2D eigenvalue weighted by Gasteiger charge is 2.41. The predicted octanol–water partition coefficient (Wildman–Crippen LogP) is 2.72. The molecular weight excluding hydrogens is 350 g/mol. The van der Waals surface area contributed by atoms with E-state index in [0.29, 0.717) is 18.9 Å². The molecule has 0 spiro atoms. The van der Waals surface area contributed by atoms with Crippen molar-refractivity contribution in [1.29, 1.82) is 0 Å². The lowest BCUT2D eigenvalue weighted by atomic mass is 9.80. The lowest BCUT2D eigenvalue weighted by molar-refractivity contribution is -0.384. The minimum Gasteiger partial charge on any atom is -0.444 e. The standard InChI is InChI=1S/C18H23N5O4/c1-18(2,3)27-17(24)22-9-13(10-22)15(16-20-19-11-21(16)4)12-6-5-7-14(8-12)23(25)26/h5-8,11,13,15H,9-10H2,1-4H3. The van der Waals surface area contributed by atoms with E-state index in [1.165, 1.54) is 6.07 Å². The van der Waals surface area contributed by atoms with E-state index in [-0.39, 0.29) is 23.6 Å². The van der Waals surface area contributed by atoms with Crippen molar-refractivity contribution < 1.29 is 14.5 Å². The van der Waals surface area contributed by atoms with Crippen LogP contribution in [0.1, 0.15) is 38.1 Å². The minimum absolute atomic E-state index is 0.0305. The summed E-state index contributed by atoms with van der Waals surface area (Å²) in [4.78, 5) is 24.6. The minimum atomic E-state index is -0.550. The van der Waals surface area contributed by atoms with Gasteiger partial charge in [0.15, 0.2) is 0 Å². The first-order valence-electron chi connectivity index (χ1n) is 8.72. The molecule has 1 atom stereocenters. The van der Waals surface area contributed by atoms with E-state index in [1.54, 1.807) is 27.9 Å². The fraction of sp³-hybridized carbons (Fsp3) is 0.500. The molecule has 0 radical (unpaired) electrons. The summed E-state index contributed by atoms with van der Waals surface area (Å²) in [6.45, 7) is 6.47. The van der Waals surface area contributed by atoms with Gasteiger partial charge in [0, 0.05) is 38.2 Å². The number of nitro groups is 1. The molecule has 1 saturated heterocycles. The summed E-state index contributed by atoms with van der Waals surface area (Å²) in [6, 6.07) is 6.55. The number of carbonyl (C=O) groups is 1. The third kappa shape index (κ3) is 4.07. The lowest BCUT2D eigenvalue weighted by Gasteiger charge is -2.43. The van der Waals surface area contributed by atoms with Gasteiger partial charge in [0.25, 0.3) is 5.69 Å². The van der Waals surface area contributed by atoms with Gasteiger partial charge in [-0.25, -0.2) is 4.79 Å². The number of aromatic nitrogens is 3. The van der Waals surface area contributed by atoms with Crippen molar-refractivity contribution in [1.82, 2.24) is 19.7 Å². The molecule has 0 aliphatic carbocycles. The molecule has 1 aliphatic rings. The summed E-state index contributed by atoms with van der Waals surface area (Å²) >= 11 is 0. The van der Waals surface area contributed by atoms with E-state index >= 15 is 0 Å². The van der Waals surface area contributed by atoms with Crippen LogP contribution in [0.3, 0.4) is 0 Å². The van der Waals surface area contributed by atoms with Crippen molar-refractivity contribution in [3.05, 3.63) is 52.1 Å². The summed E-state index contributed by atoms with van der Waals surface area (Å²) in [7, 11) is 1.84. The summed E-state index contributed by atoms with van der Waals surface area (Å²) < 4.78 is 7.21. The average Bonchev–Trinajstić information content (AvgIpc) is 2.94. The monoisotopic (exact) mass is 373 g/mol. The lowest BCUT2D eigenvalue weighted by Crippen LogP contribution is -2.53. The van der Waals surface area contributed by atoms with Crippen molar-refractivity contribution in [3.8, 4) is 0 Å². The van der Waals surface area contributed by atoms with Crippen LogP contribution >= 0.6 is 0 Å². The van der Waals surface area contributed by atoms with Gasteiger partial charge >= 0.3 is 6.09 Å². The van der Waals surface area contributed by atoms with Gasteiger partial charge in [-0.1, -0.05) is 12.1 Å². The molecule has 0 N–H and O–H groups in total. The number of amides is 1. The van der Waals surface area contributed by atoms with Crippen LogP contribution in [-0.4, -0.2) is 49.4 Å². The van der Waals surface area contributed by atoms with Gasteiger partial charge in [0.2, 0.25) is 0 Å². The molecule has 9 nitrogen and oxygen atoms in total. The average molecular weight is 373 g/mol. The normalized spacial score (nSPS) is 15.9. The number of hydrogen-bond acceptors (Lipinski definition) is 6. The number of hydrogen-bond donors (Lipinski definition) is 0. The van der Waals surface area contributed by atoms with Gasteiger partial charge in [0.1, 0.15) is 17.8 Å².